The predicted octanol–water partition coefficient (Wildman–Crippen LogP) is 2.89. The highest BCUT2D eigenvalue weighted by Gasteiger charge is 2.19. The fourth-order valence-electron chi connectivity index (χ4n) is 2.95. The van der Waals surface area contributed by atoms with Crippen molar-refractivity contribution in [2.75, 3.05) is 32.9 Å². The molecule has 0 fully saturated rings. The summed E-state index contributed by atoms with van der Waals surface area (Å²) < 4.78 is 17.6. The van der Waals surface area contributed by atoms with Crippen molar-refractivity contribution in [3.63, 3.8) is 0 Å². The summed E-state index contributed by atoms with van der Waals surface area (Å²) in [4.78, 5) is 12.4. The van der Waals surface area contributed by atoms with E-state index in [0.717, 1.165) is 11.1 Å². The van der Waals surface area contributed by atoms with Crippen molar-refractivity contribution in [2.24, 2.45) is 0 Å². The molecule has 158 valence electrons. The van der Waals surface area contributed by atoms with Crippen LogP contribution in [0.1, 0.15) is 27.3 Å². The Morgan fingerprint density at radius 3 is 2.33 bits per heavy atom. The molecule has 0 amide bonds. The monoisotopic (exact) mass is 428 g/mol. The first-order chi connectivity index (χ1) is 14.5. The van der Waals surface area contributed by atoms with Gasteiger partial charge in [0.15, 0.2) is 23.1 Å². The minimum Gasteiger partial charge on any atom is -0.493 e. The van der Waals surface area contributed by atoms with Crippen LogP contribution in [-0.4, -0.2) is 47.7 Å². The number of hydrogen-bond donors (Lipinski definition) is 1. The van der Waals surface area contributed by atoms with E-state index < -0.39 is 0 Å². The summed E-state index contributed by atoms with van der Waals surface area (Å²) in [6, 6.07) is 11.1. The van der Waals surface area contributed by atoms with E-state index in [9.17, 15) is 4.79 Å². The van der Waals surface area contributed by atoms with Gasteiger partial charge in [0, 0.05) is 17.5 Å². The number of benzene rings is 2. The molecule has 2 N–H and O–H groups in total. The van der Waals surface area contributed by atoms with Crippen molar-refractivity contribution in [1.29, 1.82) is 0 Å². The van der Waals surface area contributed by atoms with Gasteiger partial charge in [0.25, 0.3) is 0 Å². The molecule has 0 atom stereocenters. The van der Waals surface area contributed by atoms with E-state index in [1.807, 2.05) is 37.3 Å². The maximum absolute atomic E-state index is 12.4. The van der Waals surface area contributed by atoms with E-state index in [4.69, 9.17) is 20.1 Å². The lowest BCUT2D eigenvalue weighted by Gasteiger charge is -2.15. The second-order valence-electron chi connectivity index (χ2n) is 6.52. The van der Waals surface area contributed by atoms with Crippen LogP contribution in [0.4, 0.5) is 0 Å². The third-order valence-electron chi connectivity index (χ3n) is 4.58. The Morgan fingerprint density at radius 2 is 1.70 bits per heavy atom. The Morgan fingerprint density at radius 1 is 1.00 bits per heavy atom. The minimum absolute atomic E-state index is 0.00566. The minimum atomic E-state index is 0.00566. The molecule has 8 nitrogen and oxygen atoms in total. The van der Waals surface area contributed by atoms with Gasteiger partial charge in [-0.3, -0.25) is 4.79 Å². The molecular formula is C21H24N4O4S. The van der Waals surface area contributed by atoms with Crippen molar-refractivity contribution in [1.82, 2.24) is 14.9 Å². The van der Waals surface area contributed by atoms with Gasteiger partial charge in [0.1, 0.15) is 0 Å². The number of Topliss-reactive ketones (excluding diaryl/α,β-unsaturated/α-hetero) is 1. The normalized spacial score (nSPS) is 10.7. The number of nitrogens with zero attached hydrogens (tertiary/aromatic N) is 3. The first-order valence-electron chi connectivity index (χ1n) is 9.18. The van der Waals surface area contributed by atoms with Crippen LogP contribution in [0.25, 0.3) is 0 Å². The quantitative estimate of drug-likeness (QED) is 0.315. The van der Waals surface area contributed by atoms with E-state index in [1.165, 1.54) is 16.4 Å². The van der Waals surface area contributed by atoms with E-state index in [-0.39, 0.29) is 11.5 Å². The largest absolute Gasteiger partial charge is 0.493 e. The number of methoxy groups -OCH3 is 3. The number of carbonyl (C=O) groups is 1. The van der Waals surface area contributed by atoms with Gasteiger partial charge in [0.2, 0.25) is 10.9 Å². The fraction of sp³-hybridized carbons (Fsp3) is 0.286. The molecule has 9 heteroatoms. The Hall–Kier alpha value is -3.20. The van der Waals surface area contributed by atoms with Gasteiger partial charge in [-0.25, -0.2) is 4.68 Å². The summed E-state index contributed by atoms with van der Waals surface area (Å²) in [7, 11) is 4.68. The van der Waals surface area contributed by atoms with Gasteiger partial charge in [0.05, 0.1) is 27.1 Å². The number of ketones is 1. The maximum Gasteiger partial charge on any atom is 0.210 e. The van der Waals surface area contributed by atoms with Gasteiger partial charge in [-0.1, -0.05) is 47.7 Å². The molecule has 0 saturated carbocycles. The van der Waals surface area contributed by atoms with Crippen molar-refractivity contribution in [3.8, 4) is 17.2 Å². The highest BCUT2D eigenvalue weighted by atomic mass is 32.2. The Bertz CT molecular complexity index is 1030. The SMILES string of the molecule is COc1ccc(Cc2nnc(SCC(=O)c3ccc(C)cc3)n2N)c(OC)c1OC. The lowest BCUT2D eigenvalue weighted by molar-refractivity contribution is 0.102. The summed E-state index contributed by atoms with van der Waals surface area (Å²) >= 11 is 1.25. The van der Waals surface area contributed by atoms with Gasteiger partial charge in [-0.2, -0.15) is 0 Å². The standard InChI is InChI=1S/C21H24N4O4S/c1-13-5-7-14(8-6-13)16(26)12-30-21-24-23-18(25(21)22)11-15-9-10-17(27-2)20(29-4)19(15)28-3/h5-10H,11-12,22H2,1-4H3. The maximum atomic E-state index is 12.4. The van der Waals surface area contributed by atoms with Gasteiger partial charge in [-0.05, 0) is 13.0 Å². The van der Waals surface area contributed by atoms with Gasteiger partial charge in [-0.15, -0.1) is 10.2 Å². The molecular weight excluding hydrogens is 404 g/mol. The number of nitrogens with two attached hydrogens (primary N) is 1. The average molecular weight is 429 g/mol. The molecule has 0 saturated heterocycles. The summed E-state index contributed by atoms with van der Waals surface area (Å²) in [6.07, 6.45) is 0.375. The zero-order valence-electron chi connectivity index (χ0n) is 17.3. The summed E-state index contributed by atoms with van der Waals surface area (Å²) in [6.45, 7) is 1.98. The zero-order valence-corrected chi connectivity index (χ0v) is 18.2. The lowest BCUT2D eigenvalue weighted by Crippen LogP contribution is -2.15. The zero-order chi connectivity index (χ0) is 21.7. The second kappa shape index (κ2) is 9.53. The average Bonchev–Trinajstić information content (AvgIpc) is 3.11. The molecule has 0 bridgehead atoms. The molecule has 2 aromatic carbocycles. The Balaban J connectivity index is 1.74. The van der Waals surface area contributed by atoms with Crippen LogP contribution in [0.5, 0.6) is 17.2 Å². The summed E-state index contributed by atoms with van der Waals surface area (Å²) in [5, 5.41) is 8.76. The molecule has 30 heavy (non-hydrogen) atoms. The third kappa shape index (κ3) is 4.51. The Kier molecular flexibility index (Phi) is 6.83. The molecule has 3 aromatic rings. The molecule has 1 aromatic heterocycles. The van der Waals surface area contributed by atoms with Gasteiger partial charge >= 0.3 is 0 Å². The van der Waals surface area contributed by atoms with Crippen LogP contribution in [0.15, 0.2) is 41.6 Å². The molecule has 0 aliphatic heterocycles. The van der Waals surface area contributed by atoms with Crippen LogP contribution >= 0.6 is 11.8 Å². The number of carbonyl (C=O) groups excluding carboxylic acids is 1. The first-order valence-corrected chi connectivity index (χ1v) is 10.2. The van der Waals surface area contributed by atoms with Crippen LogP contribution in [0.3, 0.4) is 0 Å². The smallest absolute Gasteiger partial charge is 0.210 e. The molecule has 3 rings (SSSR count). The summed E-state index contributed by atoms with van der Waals surface area (Å²) in [5.41, 5.74) is 2.59. The van der Waals surface area contributed by atoms with E-state index in [0.29, 0.717) is 40.2 Å². The molecule has 0 spiro atoms. The highest BCUT2D eigenvalue weighted by molar-refractivity contribution is 7.99. The number of aromatic nitrogens is 3. The van der Waals surface area contributed by atoms with Crippen molar-refractivity contribution >= 4 is 17.5 Å². The van der Waals surface area contributed by atoms with E-state index >= 15 is 0 Å². The fourth-order valence-corrected chi connectivity index (χ4v) is 3.72. The topological polar surface area (TPSA) is 101 Å². The van der Waals surface area contributed by atoms with Crippen molar-refractivity contribution in [3.05, 3.63) is 58.9 Å². The molecule has 1 heterocycles. The second-order valence-corrected chi connectivity index (χ2v) is 7.46. The van der Waals surface area contributed by atoms with Crippen molar-refractivity contribution < 1.29 is 19.0 Å². The third-order valence-corrected chi connectivity index (χ3v) is 5.52. The number of rotatable bonds is 9. The van der Waals surface area contributed by atoms with E-state index in [1.54, 1.807) is 27.4 Å². The van der Waals surface area contributed by atoms with Crippen molar-refractivity contribution in [2.45, 2.75) is 18.5 Å². The lowest BCUT2D eigenvalue weighted by atomic mass is 10.1. The molecule has 0 unspecified atom stereocenters. The van der Waals surface area contributed by atoms with Crippen LogP contribution < -0.4 is 20.1 Å². The van der Waals surface area contributed by atoms with Crippen LogP contribution in [0, 0.1) is 6.92 Å². The number of nitrogen functional groups attached to an aromatic ring is 1. The predicted molar refractivity (Wildman–Crippen MR) is 115 cm³/mol. The summed E-state index contributed by atoms with van der Waals surface area (Å²) in [5.74, 6) is 8.55. The van der Waals surface area contributed by atoms with Crippen LogP contribution in [-0.2, 0) is 6.42 Å². The van der Waals surface area contributed by atoms with E-state index in [2.05, 4.69) is 10.2 Å². The number of hydrogen-bond acceptors (Lipinski definition) is 8. The number of aryl methyl sites for hydroxylation is 1. The van der Waals surface area contributed by atoms with Gasteiger partial charge < -0.3 is 20.1 Å². The van der Waals surface area contributed by atoms with Crippen LogP contribution in [0.2, 0.25) is 0 Å². The molecule has 0 radical (unpaired) electrons. The highest BCUT2D eigenvalue weighted by Crippen LogP contribution is 2.40. The molecule has 0 aliphatic carbocycles. The molecule has 0 aliphatic rings. The number of ether oxygens (including phenoxy) is 3. The Labute approximate surface area is 179 Å². The number of thioether (sulfide) groups is 1. The first kappa shape index (κ1) is 21.5.